The molecule has 0 atom stereocenters. The number of furan rings is 1. The van der Waals surface area contributed by atoms with Gasteiger partial charge in [0.2, 0.25) is 5.89 Å². The minimum Gasteiger partial charge on any atom is -0.481 e. The maximum absolute atomic E-state index is 11.3. The summed E-state index contributed by atoms with van der Waals surface area (Å²) < 4.78 is 11.5. The van der Waals surface area contributed by atoms with Crippen LogP contribution in [0.4, 0.5) is 5.69 Å². The molecule has 0 bridgehead atoms. The molecule has 0 unspecified atom stereocenters. The number of non-ortho nitro benzene ring substituents is 1. The van der Waals surface area contributed by atoms with E-state index in [9.17, 15) is 20.0 Å². The van der Waals surface area contributed by atoms with E-state index in [0.717, 1.165) is 0 Å². The van der Waals surface area contributed by atoms with E-state index in [2.05, 4.69) is 4.98 Å². The zero-order chi connectivity index (χ0) is 20.4. The minimum atomic E-state index is -1.03. The lowest BCUT2D eigenvalue weighted by atomic mass is 10.1. The van der Waals surface area contributed by atoms with Gasteiger partial charge in [-0.3, -0.25) is 14.9 Å². The van der Waals surface area contributed by atoms with Crippen molar-refractivity contribution in [2.45, 2.75) is 6.42 Å². The summed E-state index contributed by atoms with van der Waals surface area (Å²) in [6.07, 6.45) is 1.27. The van der Waals surface area contributed by atoms with Gasteiger partial charge in [-0.1, -0.05) is 12.1 Å². The molecule has 1 N–H and O–H groups in total. The summed E-state index contributed by atoms with van der Waals surface area (Å²) in [6, 6.07) is 16.5. The first-order chi connectivity index (χ1) is 14.0. The first-order valence-electron chi connectivity index (χ1n) is 8.62. The molecule has 0 saturated heterocycles. The van der Waals surface area contributed by atoms with Gasteiger partial charge in [-0.25, -0.2) is 4.98 Å². The first-order valence-corrected chi connectivity index (χ1v) is 8.62. The second-order valence-corrected chi connectivity index (χ2v) is 6.23. The second kappa shape index (κ2) is 7.43. The smallest absolute Gasteiger partial charge is 0.308 e. The summed E-state index contributed by atoms with van der Waals surface area (Å²) >= 11 is 0. The SMILES string of the molecule is O=C(O)CC(=Cc1ccc(-c2ccc([N+](=O)[O-])cc2)o1)c1nc2ccccc2o1. The summed E-state index contributed by atoms with van der Waals surface area (Å²) in [5, 5.41) is 20.0. The first kappa shape index (κ1) is 18.2. The molecule has 2 heterocycles. The largest absolute Gasteiger partial charge is 0.481 e. The summed E-state index contributed by atoms with van der Waals surface area (Å²) in [5.41, 5.74) is 2.20. The Morgan fingerprint density at radius 1 is 1.07 bits per heavy atom. The zero-order valence-electron chi connectivity index (χ0n) is 14.9. The molecule has 0 fully saturated rings. The average Bonchev–Trinajstić information content (AvgIpc) is 3.34. The lowest BCUT2D eigenvalue weighted by Crippen LogP contribution is -1.97. The van der Waals surface area contributed by atoms with Crippen molar-refractivity contribution in [2.75, 3.05) is 0 Å². The Balaban J connectivity index is 1.67. The van der Waals surface area contributed by atoms with Crippen LogP contribution in [0.15, 0.2) is 69.5 Å². The standard InChI is InChI=1S/C21H14N2O6/c24-20(25)12-14(21-22-17-3-1-2-4-19(17)29-21)11-16-9-10-18(28-16)13-5-7-15(8-6-13)23(26)27/h1-11H,12H2,(H,24,25). The number of carboxylic acids is 1. The fourth-order valence-corrected chi connectivity index (χ4v) is 2.87. The summed E-state index contributed by atoms with van der Waals surface area (Å²) in [5.74, 6) is 0.0952. The van der Waals surface area contributed by atoms with Crippen molar-refractivity contribution in [3.63, 3.8) is 0 Å². The monoisotopic (exact) mass is 390 g/mol. The number of aromatic nitrogens is 1. The molecule has 144 valence electrons. The van der Waals surface area contributed by atoms with Gasteiger partial charge in [0.15, 0.2) is 5.58 Å². The average molecular weight is 390 g/mol. The van der Waals surface area contributed by atoms with Crippen LogP contribution in [-0.4, -0.2) is 21.0 Å². The highest BCUT2D eigenvalue weighted by Gasteiger charge is 2.16. The van der Waals surface area contributed by atoms with Gasteiger partial charge >= 0.3 is 5.97 Å². The van der Waals surface area contributed by atoms with Crippen LogP contribution in [0.3, 0.4) is 0 Å². The molecule has 8 heteroatoms. The number of carboxylic acid groups (broad SMARTS) is 1. The number of hydrogen-bond acceptors (Lipinski definition) is 6. The Morgan fingerprint density at radius 3 is 2.52 bits per heavy atom. The van der Waals surface area contributed by atoms with Crippen LogP contribution in [0.2, 0.25) is 0 Å². The number of nitro benzene ring substituents is 1. The van der Waals surface area contributed by atoms with Crippen LogP contribution in [0.1, 0.15) is 18.1 Å². The van der Waals surface area contributed by atoms with E-state index in [0.29, 0.717) is 33.8 Å². The molecular weight excluding hydrogens is 376 g/mol. The van der Waals surface area contributed by atoms with Crippen molar-refractivity contribution in [3.05, 3.63) is 82.4 Å². The van der Waals surface area contributed by atoms with Gasteiger partial charge in [-0.05, 0) is 42.5 Å². The molecule has 0 saturated carbocycles. The van der Waals surface area contributed by atoms with Gasteiger partial charge in [0, 0.05) is 23.3 Å². The van der Waals surface area contributed by atoms with Gasteiger partial charge in [-0.15, -0.1) is 0 Å². The van der Waals surface area contributed by atoms with Crippen molar-refractivity contribution >= 4 is 34.4 Å². The lowest BCUT2D eigenvalue weighted by Gasteiger charge is -1.99. The number of oxazole rings is 1. The van der Waals surface area contributed by atoms with Gasteiger partial charge < -0.3 is 13.9 Å². The number of nitro groups is 1. The molecule has 4 rings (SSSR count). The molecule has 8 nitrogen and oxygen atoms in total. The van der Waals surface area contributed by atoms with Crippen LogP contribution in [0, 0.1) is 10.1 Å². The van der Waals surface area contributed by atoms with E-state index in [-0.39, 0.29) is 18.0 Å². The molecular formula is C21H14N2O6. The van der Waals surface area contributed by atoms with E-state index in [4.69, 9.17) is 8.83 Å². The highest BCUT2D eigenvalue weighted by Crippen LogP contribution is 2.29. The van der Waals surface area contributed by atoms with E-state index in [1.54, 1.807) is 48.5 Å². The van der Waals surface area contributed by atoms with Crippen molar-refractivity contribution < 1.29 is 23.7 Å². The maximum Gasteiger partial charge on any atom is 0.308 e. The van der Waals surface area contributed by atoms with E-state index in [1.165, 1.54) is 12.1 Å². The summed E-state index contributed by atoms with van der Waals surface area (Å²) in [6.45, 7) is 0. The number of benzene rings is 2. The Morgan fingerprint density at radius 2 is 1.83 bits per heavy atom. The molecule has 0 aliphatic heterocycles. The Labute approximate surface area is 163 Å². The van der Waals surface area contributed by atoms with Crippen molar-refractivity contribution in [3.8, 4) is 11.3 Å². The van der Waals surface area contributed by atoms with Crippen molar-refractivity contribution in [2.24, 2.45) is 0 Å². The van der Waals surface area contributed by atoms with Crippen LogP contribution >= 0.6 is 0 Å². The molecule has 4 aromatic rings. The number of rotatable bonds is 6. The van der Waals surface area contributed by atoms with E-state index >= 15 is 0 Å². The third-order valence-electron chi connectivity index (χ3n) is 4.22. The minimum absolute atomic E-state index is 0.0138. The molecule has 0 amide bonds. The molecule has 29 heavy (non-hydrogen) atoms. The fraction of sp³-hybridized carbons (Fsp3) is 0.0476. The molecule has 2 aromatic carbocycles. The quantitative estimate of drug-likeness (QED) is 0.363. The van der Waals surface area contributed by atoms with Crippen LogP contribution in [0.5, 0.6) is 0 Å². The van der Waals surface area contributed by atoms with E-state index < -0.39 is 10.9 Å². The van der Waals surface area contributed by atoms with Crippen molar-refractivity contribution in [1.29, 1.82) is 0 Å². The van der Waals surface area contributed by atoms with Gasteiger partial charge in [0.25, 0.3) is 5.69 Å². The second-order valence-electron chi connectivity index (χ2n) is 6.23. The molecule has 0 spiro atoms. The molecule has 2 aromatic heterocycles. The zero-order valence-corrected chi connectivity index (χ0v) is 14.9. The predicted molar refractivity (Wildman–Crippen MR) is 105 cm³/mol. The molecule has 0 aliphatic rings. The van der Waals surface area contributed by atoms with Crippen LogP contribution in [-0.2, 0) is 4.79 Å². The van der Waals surface area contributed by atoms with Gasteiger partial charge in [-0.2, -0.15) is 0 Å². The van der Waals surface area contributed by atoms with Crippen molar-refractivity contribution in [1.82, 2.24) is 4.98 Å². The maximum atomic E-state index is 11.3. The third kappa shape index (κ3) is 3.91. The summed E-state index contributed by atoms with van der Waals surface area (Å²) in [4.78, 5) is 26.0. The highest BCUT2D eigenvalue weighted by atomic mass is 16.6. The highest BCUT2D eigenvalue weighted by molar-refractivity contribution is 5.90. The van der Waals surface area contributed by atoms with Crippen LogP contribution < -0.4 is 0 Å². The Hall–Kier alpha value is -4.20. The third-order valence-corrected chi connectivity index (χ3v) is 4.22. The Kier molecular flexibility index (Phi) is 4.66. The van der Waals surface area contributed by atoms with E-state index in [1.807, 2.05) is 6.07 Å². The van der Waals surface area contributed by atoms with Crippen LogP contribution in [0.25, 0.3) is 34.1 Å². The normalized spacial score (nSPS) is 11.7. The topological polar surface area (TPSA) is 120 Å². The van der Waals surface area contributed by atoms with Gasteiger partial charge in [0.05, 0.1) is 11.3 Å². The predicted octanol–water partition coefficient (Wildman–Crippen LogP) is 5.01. The summed E-state index contributed by atoms with van der Waals surface area (Å²) in [7, 11) is 0. The number of para-hydroxylation sites is 2. The Bertz CT molecular complexity index is 1200. The lowest BCUT2D eigenvalue weighted by molar-refractivity contribution is -0.384. The number of aliphatic carboxylic acids is 1. The fourth-order valence-electron chi connectivity index (χ4n) is 2.87. The number of fused-ring (bicyclic) bond motifs is 1. The van der Waals surface area contributed by atoms with Gasteiger partial charge in [0.1, 0.15) is 17.0 Å². The number of hydrogen-bond donors (Lipinski definition) is 1. The number of nitrogens with zero attached hydrogens (tertiary/aromatic N) is 2. The molecule has 0 radical (unpaired) electrons. The molecule has 0 aliphatic carbocycles. The number of carbonyl (C=O) groups is 1.